The Bertz CT molecular complexity index is 1410. The highest BCUT2D eigenvalue weighted by molar-refractivity contribution is 7.86. The van der Waals surface area contributed by atoms with Crippen LogP contribution in [0, 0.1) is 5.82 Å². The van der Waals surface area contributed by atoms with Crippen LogP contribution in [0.15, 0.2) is 71.3 Å². The van der Waals surface area contributed by atoms with Crippen molar-refractivity contribution in [1.29, 1.82) is 0 Å². The predicted molar refractivity (Wildman–Crippen MR) is 138 cm³/mol. The normalized spacial score (nSPS) is 11.2. The van der Waals surface area contributed by atoms with Gasteiger partial charge >= 0.3 is 0 Å². The lowest BCUT2D eigenvalue weighted by Gasteiger charge is -2.07. The van der Waals surface area contributed by atoms with Crippen LogP contribution in [0.1, 0.15) is 1.43 Å². The number of thiophene rings is 1. The molecule has 0 amide bonds. The first-order chi connectivity index (χ1) is 14.6. The van der Waals surface area contributed by atoms with Crippen molar-refractivity contribution >= 4 is 57.9 Å². The second-order valence-electron chi connectivity index (χ2n) is 6.69. The van der Waals surface area contributed by atoms with Gasteiger partial charge in [0.25, 0.3) is 0 Å². The maximum atomic E-state index is 13.3. The summed E-state index contributed by atoms with van der Waals surface area (Å²) in [7, 11) is -1.03. The van der Waals surface area contributed by atoms with Crippen LogP contribution in [0.4, 0.5) is 4.39 Å². The molecule has 174 valence electrons. The van der Waals surface area contributed by atoms with Gasteiger partial charge in [0, 0.05) is 24.2 Å². The highest BCUT2D eigenvalue weighted by atomic mass is 35.5. The highest BCUT2D eigenvalue weighted by Crippen LogP contribution is 2.36. The zero-order valence-electron chi connectivity index (χ0n) is 17.1. The molecule has 3 N–H and O–H groups in total. The number of halogens is 3. The molecule has 0 saturated carbocycles. The number of nitrogens with one attached hydrogen (secondary N) is 1. The van der Waals surface area contributed by atoms with Gasteiger partial charge in [-0.15, -0.1) is 36.2 Å². The fraction of sp³-hybridized carbons (Fsp3) is 0.0455. The molecular weight excluding hydrogens is 506 g/mol. The Morgan fingerprint density at radius 1 is 1.00 bits per heavy atom. The minimum Gasteiger partial charge on any atom is -0.412 e. The third-order valence-corrected chi connectivity index (χ3v) is 7.36. The summed E-state index contributed by atoms with van der Waals surface area (Å²) < 4.78 is 25.9. The molecule has 3 heterocycles. The number of fused-ring (bicyclic) bond motifs is 1. The van der Waals surface area contributed by atoms with E-state index in [2.05, 4.69) is 20.2 Å². The molecule has 5 aromatic rings. The van der Waals surface area contributed by atoms with Crippen LogP contribution in [0.25, 0.3) is 43.9 Å². The summed E-state index contributed by atoms with van der Waals surface area (Å²) in [6, 6.07) is 16.1. The summed E-state index contributed by atoms with van der Waals surface area (Å²) in [5.74, 6) is -0.282. The molecular formula is C22H21Cl2FN4O2S2. The second-order valence-corrected chi connectivity index (χ2v) is 9.38. The van der Waals surface area contributed by atoms with Gasteiger partial charge in [-0.2, -0.15) is 5.10 Å². The summed E-state index contributed by atoms with van der Waals surface area (Å²) >= 11 is 1.47. The molecule has 0 spiro atoms. The van der Waals surface area contributed by atoms with Crippen molar-refractivity contribution in [2.24, 2.45) is 0 Å². The van der Waals surface area contributed by atoms with Gasteiger partial charge in [0.05, 0.1) is 43.0 Å². The molecule has 0 saturated heterocycles. The Hall–Kier alpha value is -2.69. The second kappa shape index (κ2) is 11.0. The van der Waals surface area contributed by atoms with Crippen LogP contribution < -0.4 is 0 Å². The van der Waals surface area contributed by atoms with Crippen LogP contribution >= 0.6 is 36.2 Å². The summed E-state index contributed by atoms with van der Waals surface area (Å²) in [6.45, 7) is 0. The first-order valence-corrected chi connectivity index (χ1v) is 11.5. The standard InChI is InChI=1S/C22H15FN4OS2.2ClH.H2O.H2/c1-30(28)20-9-8-19(29-20)22-16-10-14(4-7-18(16)24-12-25-22)17-11-26-27-21(17)13-2-5-15(23)6-3-13;;;;/h2-12H,1H3,(H,26,27);2*1H;1H2;1H. The quantitative estimate of drug-likeness (QED) is 0.331. The first kappa shape index (κ1) is 26.6. The van der Waals surface area contributed by atoms with Crippen molar-refractivity contribution in [1.82, 2.24) is 20.2 Å². The van der Waals surface area contributed by atoms with Gasteiger partial charge in [0.15, 0.2) is 0 Å². The molecule has 3 aromatic heterocycles. The van der Waals surface area contributed by atoms with E-state index in [0.29, 0.717) is 0 Å². The zero-order valence-corrected chi connectivity index (χ0v) is 20.4. The summed E-state index contributed by atoms with van der Waals surface area (Å²) in [4.78, 5) is 9.83. The fourth-order valence-electron chi connectivity index (χ4n) is 3.36. The van der Waals surface area contributed by atoms with Crippen molar-refractivity contribution in [3.8, 4) is 33.0 Å². The van der Waals surface area contributed by atoms with Gasteiger partial charge in [-0.1, -0.05) is 6.07 Å². The number of nitrogens with zero attached hydrogens (tertiary/aromatic N) is 3. The number of H-pyrrole nitrogens is 1. The molecule has 0 radical (unpaired) electrons. The van der Waals surface area contributed by atoms with Crippen LogP contribution in [-0.4, -0.2) is 36.1 Å². The molecule has 1 atom stereocenters. The maximum Gasteiger partial charge on any atom is 0.123 e. The number of benzene rings is 2. The molecule has 0 fully saturated rings. The lowest BCUT2D eigenvalue weighted by atomic mass is 9.99. The van der Waals surface area contributed by atoms with Gasteiger partial charge < -0.3 is 5.48 Å². The van der Waals surface area contributed by atoms with Crippen LogP contribution in [0.3, 0.4) is 0 Å². The van der Waals surface area contributed by atoms with E-state index in [4.69, 9.17) is 0 Å². The summed E-state index contributed by atoms with van der Waals surface area (Å²) in [5, 5.41) is 8.11. The smallest absolute Gasteiger partial charge is 0.123 e. The largest absolute Gasteiger partial charge is 0.412 e. The highest BCUT2D eigenvalue weighted by Gasteiger charge is 2.14. The Morgan fingerprint density at radius 2 is 1.73 bits per heavy atom. The van der Waals surface area contributed by atoms with E-state index in [0.717, 1.165) is 48.1 Å². The SMILES string of the molecule is CS(=O)c1ccc(-c2ncnc3ccc(-c4cn[nH]c4-c4ccc(F)cc4)cc23)s1.Cl.Cl.O.[HH]. The van der Waals surface area contributed by atoms with Gasteiger partial charge in [-0.3, -0.25) is 9.31 Å². The Labute approximate surface area is 209 Å². The van der Waals surface area contributed by atoms with Crippen LogP contribution in [0.2, 0.25) is 0 Å². The van der Waals surface area contributed by atoms with Crippen molar-refractivity contribution in [2.75, 3.05) is 6.26 Å². The molecule has 2 aromatic carbocycles. The summed E-state index contributed by atoms with van der Waals surface area (Å²) in [6.07, 6.45) is 4.97. The minimum atomic E-state index is -1.03. The average molecular weight is 527 g/mol. The number of aromatic nitrogens is 4. The molecule has 0 aliphatic rings. The van der Waals surface area contributed by atoms with E-state index in [1.54, 1.807) is 30.9 Å². The molecule has 6 nitrogen and oxygen atoms in total. The van der Waals surface area contributed by atoms with Crippen LogP contribution in [-0.2, 0) is 10.8 Å². The van der Waals surface area contributed by atoms with Crippen molar-refractivity contribution in [2.45, 2.75) is 4.21 Å². The topological polar surface area (TPSA) is 103 Å². The minimum absolute atomic E-state index is 0. The molecule has 0 bridgehead atoms. The van der Waals surface area contributed by atoms with E-state index >= 15 is 0 Å². The van der Waals surface area contributed by atoms with E-state index in [-0.39, 0.29) is 37.5 Å². The average Bonchev–Trinajstić information content (AvgIpc) is 3.44. The van der Waals surface area contributed by atoms with Gasteiger partial charge in [0.1, 0.15) is 12.1 Å². The lowest BCUT2D eigenvalue weighted by Crippen LogP contribution is -1.89. The Morgan fingerprint density at radius 3 is 2.42 bits per heavy atom. The molecule has 0 aliphatic heterocycles. The van der Waals surface area contributed by atoms with Crippen LogP contribution in [0.5, 0.6) is 0 Å². The predicted octanol–water partition coefficient (Wildman–Crippen LogP) is 5.56. The molecule has 5 rings (SSSR count). The first-order valence-electron chi connectivity index (χ1n) is 9.08. The van der Waals surface area contributed by atoms with E-state index in [1.165, 1.54) is 23.5 Å². The van der Waals surface area contributed by atoms with E-state index in [9.17, 15) is 8.60 Å². The summed E-state index contributed by atoms with van der Waals surface area (Å²) in [5.41, 5.74) is 5.13. The number of hydrogen-bond acceptors (Lipinski definition) is 5. The van der Waals surface area contributed by atoms with E-state index in [1.807, 2.05) is 30.3 Å². The Kier molecular flexibility index (Phi) is 8.82. The lowest BCUT2D eigenvalue weighted by molar-refractivity contribution is 0.628. The fourth-order valence-corrected chi connectivity index (χ4v) is 5.11. The zero-order chi connectivity index (χ0) is 20.7. The maximum absolute atomic E-state index is 13.3. The number of aromatic amines is 1. The van der Waals surface area contributed by atoms with Crippen molar-refractivity contribution in [3.63, 3.8) is 0 Å². The van der Waals surface area contributed by atoms with Gasteiger partial charge in [-0.05, 0) is 54.1 Å². The molecule has 33 heavy (non-hydrogen) atoms. The third-order valence-electron chi connectivity index (χ3n) is 4.82. The van der Waals surface area contributed by atoms with Gasteiger partial charge in [0.2, 0.25) is 0 Å². The molecule has 11 heteroatoms. The molecule has 1 unspecified atom stereocenters. The Balaban J connectivity index is 0.00000144. The van der Waals surface area contributed by atoms with Crippen molar-refractivity contribution in [3.05, 3.63) is 72.9 Å². The monoisotopic (exact) mass is 526 g/mol. The van der Waals surface area contributed by atoms with Crippen molar-refractivity contribution < 1.29 is 15.5 Å². The number of hydrogen-bond donors (Lipinski definition) is 1. The third kappa shape index (κ3) is 5.13. The molecule has 0 aliphatic carbocycles. The number of rotatable bonds is 4. The van der Waals surface area contributed by atoms with E-state index < -0.39 is 10.8 Å². The van der Waals surface area contributed by atoms with Gasteiger partial charge in [-0.25, -0.2) is 14.4 Å².